The van der Waals surface area contributed by atoms with E-state index < -0.39 is 6.61 Å². The molecule has 0 radical (unpaired) electrons. The first kappa shape index (κ1) is 21.4. The lowest BCUT2D eigenvalue weighted by atomic mass is 9.98. The minimum atomic E-state index is -2.90. The monoisotopic (exact) mass is 378 g/mol. The maximum Gasteiger partial charge on any atom is 0.387 e. The van der Waals surface area contributed by atoms with Gasteiger partial charge in [0.15, 0.2) is 11.5 Å². The highest BCUT2D eigenvalue weighted by atomic mass is 35.5. The minimum Gasteiger partial charge on any atom is -0.490 e. The molecule has 1 amide bonds. The Bertz CT molecular complexity index is 555. The Morgan fingerprint density at radius 1 is 1.40 bits per heavy atom. The zero-order valence-electron chi connectivity index (χ0n) is 14.5. The molecule has 1 aromatic carbocycles. The zero-order chi connectivity index (χ0) is 17.5. The van der Waals surface area contributed by atoms with Crippen LogP contribution in [0.2, 0.25) is 0 Å². The van der Waals surface area contributed by atoms with Gasteiger partial charge >= 0.3 is 6.61 Å². The largest absolute Gasteiger partial charge is 0.490 e. The number of benzene rings is 1. The highest BCUT2D eigenvalue weighted by Crippen LogP contribution is 2.30. The molecule has 1 heterocycles. The first-order valence-corrected chi connectivity index (χ1v) is 8.17. The van der Waals surface area contributed by atoms with Crippen molar-refractivity contribution in [2.45, 2.75) is 32.9 Å². The van der Waals surface area contributed by atoms with Gasteiger partial charge in [-0.15, -0.1) is 12.4 Å². The molecule has 1 saturated heterocycles. The molecule has 142 valence electrons. The van der Waals surface area contributed by atoms with Crippen molar-refractivity contribution in [2.24, 2.45) is 5.92 Å². The van der Waals surface area contributed by atoms with Gasteiger partial charge in [0.05, 0.1) is 12.5 Å². The molecule has 1 fully saturated rings. The Balaban J connectivity index is 0.00000312. The Kier molecular flexibility index (Phi) is 8.92. The van der Waals surface area contributed by atoms with Crippen LogP contribution < -0.4 is 14.8 Å². The second-order valence-electron chi connectivity index (χ2n) is 5.83. The summed E-state index contributed by atoms with van der Waals surface area (Å²) in [6.45, 7) is 1.25. The average molecular weight is 379 g/mol. The smallest absolute Gasteiger partial charge is 0.387 e. The lowest BCUT2D eigenvalue weighted by Crippen LogP contribution is -2.41. The number of amides is 1. The fourth-order valence-electron chi connectivity index (χ4n) is 2.84. The Hall–Kier alpha value is -1.60. The minimum absolute atomic E-state index is 0. The number of hydrogen-bond donors (Lipinski definition) is 1. The van der Waals surface area contributed by atoms with Gasteiger partial charge in [0, 0.05) is 20.1 Å². The van der Waals surface area contributed by atoms with Crippen LogP contribution >= 0.6 is 12.4 Å². The molecular weight excluding hydrogens is 354 g/mol. The van der Waals surface area contributed by atoms with Crippen molar-refractivity contribution in [2.75, 3.05) is 26.7 Å². The van der Waals surface area contributed by atoms with Gasteiger partial charge in [-0.2, -0.15) is 8.78 Å². The molecule has 5 nitrogen and oxygen atoms in total. The van der Waals surface area contributed by atoms with E-state index in [1.165, 1.54) is 6.07 Å². The highest BCUT2D eigenvalue weighted by Gasteiger charge is 2.24. The van der Waals surface area contributed by atoms with Crippen molar-refractivity contribution >= 4 is 18.3 Å². The second-order valence-corrected chi connectivity index (χ2v) is 5.83. The molecule has 1 unspecified atom stereocenters. The van der Waals surface area contributed by atoms with Crippen LogP contribution in [-0.4, -0.2) is 44.2 Å². The Morgan fingerprint density at radius 3 is 2.76 bits per heavy atom. The molecule has 1 aromatic rings. The first-order chi connectivity index (χ1) is 11.5. The van der Waals surface area contributed by atoms with E-state index in [1.54, 1.807) is 31.0 Å². The van der Waals surface area contributed by atoms with E-state index in [2.05, 4.69) is 10.1 Å². The third-order valence-electron chi connectivity index (χ3n) is 3.97. The summed E-state index contributed by atoms with van der Waals surface area (Å²) in [6, 6.07) is 4.76. The summed E-state index contributed by atoms with van der Waals surface area (Å²) in [5.74, 6) is 0.348. The zero-order valence-corrected chi connectivity index (χ0v) is 15.3. The van der Waals surface area contributed by atoms with E-state index in [-0.39, 0.29) is 35.7 Å². The molecule has 1 aliphatic heterocycles. The summed E-state index contributed by atoms with van der Waals surface area (Å²) in [4.78, 5) is 14.1. The number of ether oxygens (including phenoxy) is 2. The van der Waals surface area contributed by atoms with Crippen LogP contribution in [0.5, 0.6) is 11.5 Å². The van der Waals surface area contributed by atoms with E-state index in [9.17, 15) is 13.6 Å². The Labute approximate surface area is 153 Å². The van der Waals surface area contributed by atoms with Crippen LogP contribution in [0.15, 0.2) is 18.2 Å². The summed E-state index contributed by atoms with van der Waals surface area (Å²) in [7, 11) is 1.75. The molecule has 0 saturated carbocycles. The maximum absolute atomic E-state index is 12.5. The standard InChI is InChI=1S/C17H24F2N2O3.ClH/c1-3-23-15-9-12(6-7-14(15)24-17(18)19)11-21(2)16(22)13-5-4-8-20-10-13;/h6-7,9,13,17,20H,3-5,8,10-11H2,1-2H3;1H. The number of hydrogen-bond acceptors (Lipinski definition) is 4. The van der Waals surface area contributed by atoms with Gasteiger partial charge in [-0.3, -0.25) is 4.79 Å². The summed E-state index contributed by atoms with van der Waals surface area (Å²) in [6.07, 6.45) is 1.89. The number of alkyl halides is 2. The van der Waals surface area contributed by atoms with E-state index >= 15 is 0 Å². The fraction of sp³-hybridized carbons (Fsp3) is 0.588. The van der Waals surface area contributed by atoms with Crippen LogP contribution in [0.4, 0.5) is 8.78 Å². The number of halogens is 3. The summed E-state index contributed by atoms with van der Waals surface area (Å²) >= 11 is 0. The molecule has 25 heavy (non-hydrogen) atoms. The van der Waals surface area contributed by atoms with E-state index in [1.807, 2.05) is 0 Å². The van der Waals surface area contributed by atoms with Gasteiger partial charge in [0.2, 0.25) is 5.91 Å². The number of piperidine rings is 1. The fourth-order valence-corrected chi connectivity index (χ4v) is 2.84. The summed E-state index contributed by atoms with van der Waals surface area (Å²) in [5, 5.41) is 3.23. The number of rotatable bonds is 7. The predicted molar refractivity (Wildman–Crippen MR) is 93.6 cm³/mol. The molecule has 0 spiro atoms. The van der Waals surface area contributed by atoms with Gasteiger partial charge in [-0.1, -0.05) is 6.07 Å². The number of carbonyl (C=O) groups is 1. The summed E-state index contributed by atoms with van der Waals surface area (Å²) < 4.78 is 34.7. The lowest BCUT2D eigenvalue weighted by molar-refractivity contribution is -0.135. The van der Waals surface area contributed by atoms with Gasteiger partial charge in [0.1, 0.15) is 0 Å². The van der Waals surface area contributed by atoms with Crippen molar-refractivity contribution in [3.05, 3.63) is 23.8 Å². The third kappa shape index (κ3) is 6.32. The van der Waals surface area contributed by atoms with Crippen molar-refractivity contribution in [1.82, 2.24) is 10.2 Å². The third-order valence-corrected chi connectivity index (χ3v) is 3.97. The normalized spacial score (nSPS) is 16.9. The quantitative estimate of drug-likeness (QED) is 0.792. The molecule has 8 heteroatoms. The SMILES string of the molecule is CCOc1cc(CN(C)C(=O)C2CCCNC2)ccc1OC(F)F.Cl. The van der Waals surface area contributed by atoms with E-state index in [4.69, 9.17) is 4.74 Å². The van der Waals surface area contributed by atoms with Crippen LogP contribution in [0.1, 0.15) is 25.3 Å². The van der Waals surface area contributed by atoms with E-state index in [0.717, 1.165) is 24.9 Å². The second kappa shape index (κ2) is 10.4. The maximum atomic E-state index is 12.5. The van der Waals surface area contributed by atoms with Crippen molar-refractivity contribution in [3.63, 3.8) is 0 Å². The van der Waals surface area contributed by atoms with Crippen LogP contribution in [0.25, 0.3) is 0 Å². The van der Waals surface area contributed by atoms with Gasteiger partial charge in [0.25, 0.3) is 0 Å². The van der Waals surface area contributed by atoms with Gasteiger partial charge in [-0.05, 0) is 44.0 Å². The van der Waals surface area contributed by atoms with Crippen LogP contribution in [0, 0.1) is 5.92 Å². The van der Waals surface area contributed by atoms with Crippen molar-refractivity contribution < 1.29 is 23.0 Å². The summed E-state index contributed by atoms with van der Waals surface area (Å²) in [5.41, 5.74) is 0.805. The van der Waals surface area contributed by atoms with Gasteiger partial charge < -0.3 is 19.7 Å². The van der Waals surface area contributed by atoms with Crippen molar-refractivity contribution in [3.8, 4) is 11.5 Å². The molecule has 0 bridgehead atoms. The topological polar surface area (TPSA) is 50.8 Å². The van der Waals surface area contributed by atoms with Crippen LogP contribution in [-0.2, 0) is 11.3 Å². The highest BCUT2D eigenvalue weighted by molar-refractivity contribution is 5.85. The van der Waals surface area contributed by atoms with Crippen molar-refractivity contribution in [1.29, 1.82) is 0 Å². The molecule has 0 aliphatic carbocycles. The molecular formula is C17H25ClF2N2O3. The lowest BCUT2D eigenvalue weighted by Gasteiger charge is -2.27. The average Bonchev–Trinajstić information content (AvgIpc) is 2.57. The van der Waals surface area contributed by atoms with Crippen LogP contribution in [0.3, 0.4) is 0 Å². The number of nitrogens with zero attached hydrogens (tertiary/aromatic N) is 1. The molecule has 1 aliphatic rings. The van der Waals surface area contributed by atoms with E-state index in [0.29, 0.717) is 19.7 Å². The molecule has 2 rings (SSSR count). The molecule has 0 aromatic heterocycles. The Morgan fingerprint density at radius 2 is 2.16 bits per heavy atom. The first-order valence-electron chi connectivity index (χ1n) is 8.17. The predicted octanol–water partition coefficient (Wildman–Crippen LogP) is 3.07. The molecule has 1 N–H and O–H groups in total. The molecule has 1 atom stereocenters. The van der Waals surface area contributed by atoms with Gasteiger partial charge in [-0.25, -0.2) is 0 Å². The number of nitrogens with one attached hydrogen (secondary N) is 1. The number of carbonyl (C=O) groups excluding carboxylic acids is 1.